The molecule has 0 amide bonds. The van der Waals surface area contributed by atoms with Gasteiger partial charge in [0.05, 0.1) is 0 Å². The maximum Gasteiger partial charge on any atom is 0.129 e. The first kappa shape index (κ1) is 9.40. The molecule has 3 heteroatoms. The second-order valence-electron chi connectivity index (χ2n) is 3.31. The number of halogens is 2. The number of rotatable bonds is 1. The van der Waals surface area contributed by atoms with Gasteiger partial charge in [-0.15, -0.1) is 0 Å². The molecule has 1 N–H and O–H groups in total. The smallest absolute Gasteiger partial charge is 0.129 e. The lowest BCUT2D eigenvalue weighted by Crippen LogP contribution is -2.14. The van der Waals surface area contributed by atoms with Crippen molar-refractivity contribution in [2.45, 2.75) is 18.9 Å². The summed E-state index contributed by atoms with van der Waals surface area (Å²) < 4.78 is 14.4. The van der Waals surface area contributed by atoms with E-state index in [1.54, 1.807) is 6.07 Å². The minimum absolute atomic E-state index is 0.0775. The summed E-state index contributed by atoms with van der Waals surface area (Å²) >= 11 is 2.12. The van der Waals surface area contributed by atoms with Crippen molar-refractivity contribution in [3.8, 4) is 0 Å². The fourth-order valence-electron chi connectivity index (χ4n) is 1.73. The molecule has 1 aromatic rings. The SMILES string of the molecule is Fc1cc(I)ccc1[C@@H]1CCCN1. The lowest BCUT2D eigenvalue weighted by molar-refractivity contribution is 0.558. The van der Waals surface area contributed by atoms with Crippen LogP contribution in [-0.4, -0.2) is 6.54 Å². The van der Waals surface area contributed by atoms with E-state index >= 15 is 0 Å². The van der Waals surface area contributed by atoms with E-state index in [-0.39, 0.29) is 11.9 Å². The second kappa shape index (κ2) is 3.92. The largest absolute Gasteiger partial charge is 0.310 e. The molecule has 1 aliphatic heterocycles. The van der Waals surface area contributed by atoms with Crippen LogP contribution in [0.5, 0.6) is 0 Å². The molecule has 1 saturated heterocycles. The van der Waals surface area contributed by atoms with Crippen LogP contribution in [0.4, 0.5) is 4.39 Å². The fourth-order valence-corrected chi connectivity index (χ4v) is 2.19. The topological polar surface area (TPSA) is 12.0 Å². The van der Waals surface area contributed by atoms with E-state index in [1.807, 2.05) is 12.1 Å². The minimum Gasteiger partial charge on any atom is -0.310 e. The first-order valence-electron chi connectivity index (χ1n) is 4.46. The highest BCUT2D eigenvalue weighted by atomic mass is 127. The van der Waals surface area contributed by atoms with Gasteiger partial charge in [0.15, 0.2) is 0 Å². The van der Waals surface area contributed by atoms with Crippen molar-refractivity contribution in [2.75, 3.05) is 6.54 Å². The predicted octanol–water partition coefficient (Wildman–Crippen LogP) is 2.85. The van der Waals surface area contributed by atoms with E-state index in [1.165, 1.54) is 0 Å². The Morgan fingerprint density at radius 3 is 2.92 bits per heavy atom. The van der Waals surface area contributed by atoms with Gasteiger partial charge in [-0.25, -0.2) is 4.39 Å². The van der Waals surface area contributed by atoms with E-state index in [4.69, 9.17) is 0 Å². The van der Waals surface area contributed by atoms with Gasteiger partial charge in [0.2, 0.25) is 0 Å². The molecule has 1 fully saturated rings. The minimum atomic E-state index is -0.0775. The third-order valence-corrected chi connectivity index (χ3v) is 3.07. The van der Waals surface area contributed by atoms with Crippen molar-refractivity contribution in [1.82, 2.24) is 5.32 Å². The molecule has 0 unspecified atom stereocenters. The van der Waals surface area contributed by atoms with Gasteiger partial charge >= 0.3 is 0 Å². The average molecular weight is 291 g/mol. The molecule has 0 bridgehead atoms. The highest BCUT2D eigenvalue weighted by molar-refractivity contribution is 14.1. The summed E-state index contributed by atoms with van der Waals surface area (Å²) in [5.41, 5.74) is 0.818. The number of hydrogen-bond donors (Lipinski definition) is 1. The Bertz CT molecular complexity index is 308. The van der Waals surface area contributed by atoms with Gasteiger partial charge in [0.25, 0.3) is 0 Å². The molecule has 0 aliphatic carbocycles. The van der Waals surface area contributed by atoms with Crippen molar-refractivity contribution in [1.29, 1.82) is 0 Å². The van der Waals surface area contributed by atoms with Crippen LogP contribution in [0.15, 0.2) is 18.2 Å². The van der Waals surface area contributed by atoms with E-state index in [9.17, 15) is 4.39 Å². The van der Waals surface area contributed by atoms with Gasteiger partial charge in [0.1, 0.15) is 5.82 Å². The van der Waals surface area contributed by atoms with Crippen LogP contribution in [0.25, 0.3) is 0 Å². The predicted molar refractivity (Wildman–Crippen MR) is 59.1 cm³/mol. The molecule has 0 spiro atoms. The van der Waals surface area contributed by atoms with Gasteiger partial charge in [-0.2, -0.15) is 0 Å². The van der Waals surface area contributed by atoms with E-state index < -0.39 is 0 Å². The lowest BCUT2D eigenvalue weighted by atomic mass is 10.1. The normalized spacial score (nSPS) is 22.2. The van der Waals surface area contributed by atoms with Crippen LogP contribution >= 0.6 is 22.6 Å². The van der Waals surface area contributed by atoms with Crippen molar-refractivity contribution in [3.63, 3.8) is 0 Å². The van der Waals surface area contributed by atoms with Crippen LogP contribution in [0, 0.1) is 9.39 Å². The molecule has 1 heterocycles. The monoisotopic (exact) mass is 291 g/mol. The average Bonchev–Trinajstić information content (AvgIpc) is 2.56. The zero-order valence-electron chi connectivity index (χ0n) is 7.19. The van der Waals surface area contributed by atoms with Gasteiger partial charge in [-0.05, 0) is 54.1 Å². The fraction of sp³-hybridized carbons (Fsp3) is 0.400. The molecular formula is C10H11FIN. The van der Waals surface area contributed by atoms with Crippen LogP contribution in [0.3, 0.4) is 0 Å². The molecule has 1 aromatic carbocycles. The van der Waals surface area contributed by atoms with Gasteiger partial charge in [-0.3, -0.25) is 0 Å². The Balaban J connectivity index is 2.29. The summed E-state index contributed by atoms with van der Waals surface area (Å²) in [5.74, 6) is -0.0775. The number of hydrogen-bond acceptors (Lipinski definition) is 1. The summed E-state index contributed by atoms with van der Waals surface area (Å²) in [7, 11) is 0. The maximum absolute atomic E-state index is 13.5. The summed E-state index contributed by atoms with van der Waals surface area (Å²) in [6.45, 7) is 1.01. The van der Waals surface area contributed by atoms with E-state index in [2.05, 4.69) is 27.9 Å². The molecule has 13 heavy (non-hydrogen) atoms. The Morgan fingerprint density at radius 1 is 1.46 bits per heavy atom. The Morgan fingerprint density at radius 2 is 2.31 bits per heavy atom. The third-order valence-electron chi connectivity index (χ3n) is 2.40. The zero-order valence-corrected chi connectivity index (χ0v) is 9.34. The second-order valence-corrected chi connectivity index (χ2v) is 4.56. The summed E-state index contributed by atoms with van der Waals surface area (Å²) in [6, 6.07) is 5.67. The molecule has 1 aliphatic rings. The van der Waals surface area contributed by atoms with Crippen LogP contribution in [0.1, 0.15) is 24.4 Å². The van der Waals surface area contributed by atoms with Gasteiger partial charge < -0.3 is 5.32 Å². The standard InChI is InChI=1S/C10H11FIN/c11-9-6-7(12)3-4-8(9)10-2-1-5-13-10/h3-4,6,10,13H,1-2,5H2/t10-/m0/s1. The molecular weight excluding hydrogens is 280 g/mol. The molecule has 0 radical (unpaired) electrons. The Hall–Kier alpha value is -0.160. The van der Waals surface area contributed by atoms with Crippen LogP contribution < -0.4 is 5.32 Å². The summed E-state index contributed by atoms with van der Waals surface area (Å²) in [4.78, 5) is 0. The first-order chi connectivity index (χ1) is 6.27. The molecule has 1 nitrogen and oxygen atoms in total. The van der Waals surface area contributed by atoms with Crippen LogP contribution in [0.2, 0.25) is 0 Å². The maximum atomic E-state index is 13.5. The summed E-state index contributed by atoms with van der Waals surface area (Å²) in [6.07, 6.45) is 2.20. The van der Waals surface area contributed by atoms with Gasteiger partial charge in [0, 0.05) is 15.2 Å². The summed E-state index contributed by atoms with van der Waals surface area (Å²) in [5, 5.41) is 3.29. The molecule has 0 aromatic heterocycles. The highest BCUT2D eigenvalue weighted by Crippen LogP contribution is 2.26. The van der Waals surface area contributed by atoms with Crippen molar-refractivity contribution < 1.29 is 4.39 Å². The molecule has 1 atom stereocenters. The Labute approximate surface area is 90.9 Å². The Kier molecular flexibility index (Phi) is 2.83. The van der Waals surface area contributed by atoms with Gasteiger partial charge in [-0.1, -0.05) is 6.07 Å². The molecule has 70 valence electrons. The third kappa shape index (κ3) is 2.02. The van der Waals surface area contributed by atoms with E-state index in [0.717, 1.165) is 28.5 Å². The first-order valence-corrected chi connectivity index (χ1v) is 5.53. The highest BCUT2D eigenvalue weighted by Gasteiger charge is 2.19. The molecule has 2 rings (SSSR count). The van der Waals surface area contributed by atoms with Crippen molar-refractivity contribution in [2.24, 2.45) is 0 Å². The van der Waals surface area contributed by atoms with Crippen LogP contribution in [-0.2, 0) is 0 Å². The van der Waals surface area contributed by atoms with E-state index in [0.29, 0.717) is 0 Å². The number of benzene rings is 1. The quantitative estimate of drug-likeness (QED) is 0.785. The zero-order chi connectivity index (χ0) is 9.26. The lowest BCUT2D eigenvalue weighted by Gasteiger charge is -2.11. The van der Waals surface area contributed by atoms with Crippen molar-refractivity contribution in [3.05, 3.63) is 33.1 Å². The number of nitrogens with one attached hydrogen (secondary N) is 1. The molecule has 0 saturated carbocycles. The van der Waals surface area contributed by atoms with Crippen molar-refractivity contribution >= 4 is 22.6 Å².